The highest BCUT2D eigenvalue weighted by Gasteiger charge is 2.18. The highest BCUT2D eigenvalue weighted by atomic mass is 16.5. The number of aromatic nitrogens is 3. The zero-order valence-electron chi connectivity index (χ0n) is 11.2. The Balaban J connectivity index is 2.80. The highest BCUT2D eigenvalue weighted by Crippen LogP contribution is 2.07. The fourth-order valence-electron chi connectivity index (χ4n) is 1.78. The van der Waals surface area contributed by atoms with E-state index >= 15 is 0 Å². The summed E-state index contributed by atoms with van der Waals surface area (Å²) in [6.45, 7) is 1.76. The Morgan fingerprint density at radius 1 is 1.45 bits per heavy atom. The van der Waals surface area contributed by atoms with Crippen molar-refractivity contribution >= 4 is 17.0 Å². The first kappa shape index (κ1) is 13.8. The number of aromatic amines is 1. The predicted octanol–water partition coefficient (Wildman–Crippen LogP) is -0.193. The van der Waals surface area contributed by atoms with Gasteiger partial charge in [0.05, 0.1) is 13.7 Å². The average molecular weight is 279 g/mol. The number of esters is 1. The number of rotatable bonds is 3. The summed E-state index contributed by atoms with van der Waals surface area (Å²) >= 11 is 0. The first-order chi connectivity index (χ1) is 9.51. The van der Waals surface area contributed by atoms with Crippen LogP contribution in [0.2, 0.25) is 0 Å². The molecule has 0 fully saturated rings. The van der Waals surface area contributed by atoms with Crippen molar-refractivity contribution in [2.75, 3.05) is 13.7 Å². The van der Waals surface area contributed by atoms with Gasteiger partial charge in [-0.2, -0.15) is 4.98 Å². The molecule has 0 aliphatic heterocycles. The lowest BCUT2D eigenvalue weighted by atomic mass is 10.2. The number of carbonyl (C=O) groups excluding carboxylic acids is 1. The molecule has 0 bridgehead atoms. The molecule has 0 spiro atoms. The number of pyridine rings is 1. The van der Waals surface area contributed by atoms with E-state index in [2.05, 4.69) is 9.97 Å². The quantitative estimate of drug-likeness (QED) is 0.781. The predicted molar refractivity (Wildman–Crippen MR) is 70.1 cm³/mol. The van der Waals surface area contributed by atoms with Crippen molar-refractivity contribution in [1.82, 2.24) is 14.5 Å². The molecule has 2 aromatic heterocycles. The zero-order valence-corrected chi connectivity index (χ0v) is 11.2. The molecule has 0 aromatic carbocycles. The van der Waals surface area contributed by atoms with E-state index in [1.807, 2.05) is 0 Å². The summed E-state index contributed by atoms with van der Waals surface area (Å²) in [6, 6.07) is 0.0574. The van der Waals surface area contributed by atoms with Gasteiger partial charge in [0.15, 0.2) is 5.65 Å². The first-order valence-corrected chi connectivity index (χ1v) is 5.84. The topological polar surface area (TPSA) is 103 Å². The van der Waals surface area contributed by atoms with E-state index in [0.29, 0.717) is 0 Å². The van der Waals surface area contributed by atoms with Gasteiger partial charge in [0.25, 0.3) is 5.56 Å². The lowest BCUT2D eigenvalue weighted by Crippen LogP contribution is -2.28. The van der Waals surface area contributed by atoms with Crippen molar-refractivity contribution < 1.29 is 14.3 Å². The van der Waals surface area contributed by atoms with Crippen LogP contribution in [0.25, 0.3) is 11.0 Å². The van der Waals surface area contributed by atoms with E-state index in [1.165, 1.54) is 20.4 Å². The molecule has 0 saturated carbocycles. The summed E-state index contributed by atoms with van der Waals surface area (Å²) in [5, 5.41) is -0.209. The van der Waals surface area contributed by atoms with Gasteiger partial charge in [0, 0.05) is 13.2 Å². The summed E-state index contributed by atoms with van der Waals surface area (Å²) in [5.74, 6) is -0.784. The summed E-state index contributed by atoms with van der Waals surface area (Å²) in [6.07, 6.45) is 1.18. The van der Waals surface area contributed by atoms with Crippen LogP contribution in [0.4, 0.5) is 0 Å². The number of nitrogens with zero attached hydrogens (tertiary/aromatic N) is 2. The summed E-state index contributed by atoms with van der Waals surface area (Å²) in [7, 11) is 2.78. The summed E-state index contributed by atoms with van der Waals surface area (Å²) in [4.78, 5) is 42.6. The molecule has 0 saturated heterocycles. The molecule has 20 heavy (non-hydrogen) atoms. The Morgan fingerprint density at radius 2 is 2.15 bits per heavy atom. The molecule has 2 rings (SSSR count). The van der Waals surface area contributed by atoms with Crippen molar-refractivity contribution in [3.05, 3.63) is 32.3 Å². The SMILES string of the molecule is CCOC(=O)c1c[nH]c2nc(OC)n(C)c(=O)c2c1=O. The molecular weight excluding hydrogens is 266 g/mol. The van der Waals surface area contributed by atoms with E-state index in [0.717, 1.165) is 4.57 Å². The van der Waals surface area contributed by atoms with Crippen molar-refractivity contribution in [3.8, 4) is 6.01 Å². The number of nitrogens with one attached hydrogen (secondary N) is 1. The van der Waals surface area contributed by atoms with Gasteiger partial charge in [-0.05, 0) is 6.92 Å². The smallest absolute Gasteiger partial charge is 0.343 e. The molecule has 0 aliphatic rings. The Labute approximate surface area is 113 Å². The molecule has 8 nitrogen and oxygen atoms in total. The first-order valence-electron chi connectivity index (χ1n) is 5.84. The molecule has 106 valence electrons. The fraction of sp³-hybridized carbons (Fsp3) is 0.333. The van der Waals surface area contributed by atoms with Crippen LogP contribution in [0.3, 0.4) is 0 Å². The van der Waals surface area contributed by atoms with Crippen molar-refractivity contribution in [2.45, 2.75) is 6.92 Å². The molecule has 1 N–H and O–H groups in total. The number of ether oxygens (including phenoxy) is 2. The second-order valence-corrected chi connectivity index (χ2v) is 3.94. The normalized spacial score (nSPS) is 10.6. The minimum absolute atomic E-state index is 0.0574. The number of carbonyl (C=O) groups is 1. The number of fused-ring (bicyclic) bond motifs is 1. The van der Waals surface area contributed by atoms with Crippen molar-refractivity contribution in [2.24, 2.45) is 7.05 Å². The van der Waals surface area contributed by atoms with Crippen LogP contribution in [-0.2, 0) is 11.8 Å². The highest BCUT2D eigenvalue weighted by molar-refractivity contribution is 5.92. The Kier molecular flexibility index (Phi) is 3.55. The Morgan fingerprint density at radius 3 is 2.75 bits per heavy atom. The van der Waals surface area contributed by atoms with E-state index < -0.39 is 17.0 Å². The summed E-state index contributed by atoms with van der Waals surface area (Å²) in [5.41, 5.74) is -1.49. The molecule has 0 amide bonds. The second-order valence-electron chi connectivity index (χ2n) is 3.94. The number of hydrogen-bond donors (Lipinski definition) is 1. The Bertz CT molecular complexity index is 790. The maximum absolute atomic E-state index is 12.2. The molecule has 0 unspecified atom stereocenters. The fourth-order valence-corrected chi connectivity index (χ4v) is 1.78. The standard InChI is InChI=1S/C12H13N3O5/c1-4-20-11(18)6-5-13-9-7(8(6)16)10(17)15(2)12(14-9)19-3/h5H,4H2,1-3H3,(H,13,16). The third-order valence-corrected chi connectivity index (χ3v) is 2.75. The van der Waals surface area contributed by atoms with Gasteiger partial charge in [-0.25, -0.2) is 4.79 Å². The Hall–Kier alpha value is -2.64. The minimum Gasteiger partial charge on any atom is -0.468 e. The molecule has 8 heteroatoms. The third kappa shape index (κ3) is 2.04. The lowest BCUT2D eigenvalue weighted by molar-refractivity contribution is 0.0524. The van der Waals surface area contributed by atoms with Crippen LogP contribution in [0.1, 0.15) is 17.3 Å². The average Bonchev–Trinajstić information content (AvgIpc) is 2.42. The van der Waals surface area contributed by atoms with Gasteiger partial charge in [0.1, 0.15) is 10.9 Å². The van der Waals surface area contributed by atoms with Crippen LogP contribution in [-0.4, -0.2) is 34.2 Å². The molecule has 0 atom stereocenters. The largest absolute Gasteiger partial charge is 0.468 e. The zero-order chi connectivity index (χ0) is 14.9. The second kappa shape index (κ2) is 5.16. The van der Waals surface area contributed by atoms with E-state index in [1.54, 1.807) is 6.92 Å². The van der Waals surface area contributed by atoms with Crippen LogP contribution >= 0.6 is 0 Å². The minimum atomic E-state index is -0.784. The van der Waals surface area contributed by atoms with Crippen LogP contribution in [0.15, 0.2) is 15.8 Å². The van der Waals surface area contributed by atoms with Crippen molar-refractivity contribution in [3.63, 3.8) is 0 Å². The van der Waals surface area contributed by atoms with Crippen LogP contribution < -0.4 is 15.7 Å². The number of methoxy groups -OCH3 is 1. The molecule has 0 aliphatic carbocycles. The van der Waals surface area contributed by atoms with Gasteiger partial charge >= 0.3 is 12.0 Å². The third-order valence-electron chi connectivity index (χ3n) is 2.75. The summed E-state index contributed by atoms with van der Waals surface area (Å²) < 4.78 is 10.8. The van der Waals surface area contributed by atoms with E-state index in [4.69, 9.17) is 9.47 Å². The maximum Gasteiger partial charge on any atom is 0.343 e. The maximum atomic E-state index is 12.2. The van der Waals surface area contributed by atoms with Gasteiger partial charge in [-0.3, -0.25) is 14.2 Å². The molecule has 2 heterocycles. The molecular formula is C12H13N3O5. The van der Waals surface area contributed by atoms with Gasteiger partial charge in [0.2, 0.25) is 5.43 Å². The van der Waals surface area contributed by atoms with Gasteiger partial charge in [-0.15, -0.1) is 0 Å². The van der Waals surface area contributed by atoms with E-state index in [9.17, 15) is 14.4 Å². The monoisotopic (exact) mass is 279 g/mol. The molecule has 2 aromatic rings. The van der Waals surface area contributed by atoms with E-state index in [-0.39, 0.29) is 29.2 Å². The van der Waals surface area contributed by atoms with Gasteiger partial charge < -0.3 is 14.5 Å². The van der Waals surface area contributed by atoms with Crippen LogP contribution in [0.5, 0.6) is 6.01 Å². The number of H-pyrrole nitrogens is 1. The number of hydrogen-bond acceptors (Lipinski definition) is 6. The van der Waals surface area contributed by atoms with Crippen molar-refractivity contribution in [1.29, 1.82) is 0 Å². The van der Waals surface area contributed by atoms with Crippen LogP contribution in [0, 0.1) is 0 Å². The lowest BCUT2D eigenvalue weighted by Gasteiger charge is -2.07. The van der Waals surface area contributed by atoms with Gasteiger partial charge in [-0.1, -0.05) is 0 Å². The molecule has 0 radical (unpaired) electrons.